The Morgan fingerprint density at radius 3 is 2.78 bits per heavy atom. The zero-order valence-corrected chi connectivity index (χ0v) is 12.7. The summed E-state index contributed by atoms with van der Waals surface area (Å²) < 4.78 is 5.58. The summed E-state index contributed by atoms with van der Waals surface area (Å²) in [7, 11) is 0. The molecule has 3 nitrogen and oxygen atoms in total. The van der Waals surface area contributed by atoms with Crippen molar-refractivity contribution < 1.29 is 4.74 Å². The number of rotatable bonds is 5. The van der Waals surface area contributed by atoms with E-state index in [2.05, 4.69) is 33.0 Å². The van der Waals surface area contributed by atoms with E-state index in [9.17, 15) is 0 Å². The Kier molecular flexibility index (Phi) is 4.41. The number of nitrogens with one attached hydrogen (secondary N) is 1. The van der Waals surface area contributed by atoms with E-state index < -0.39 is 0 Å². The van der Waals surface area contributed by atoms with Crippen LogP contribution in [-0.2, 0) is 10.3 Å². The molecule has 18 heavy (non-hydrogen) atoms. The first-order valence-electron chi connectivity index (χ1n) is 6.85. The largest absolute Gasteiger partial charge is 0.381 e. The molecule has 1 fully saturated rings. The van der Waals surface area contributed by atoms with E-state index in [-0.39, 0.29) is 5.54 Å². The molecule has 0 radical (unpaired) electrons. The van der Waals surface area contributed by atoms with Crippen molar-refractivity contribution in [1.82, 2.24) is 10.3 Å². The molecule has 2 rings (SSSR count). The highest BCUT2D eigenvalue weighted by Gasteiger charge is 2.40. The smallest absolute Gasteiger partial charge is 0.113 e. The van der Waals surface area contributed by atoms with Crippen molar-refractivity contribution in [3.63, 3.8) is 0 Å². The highest BCUT2D eigenvalue weighted by atomic mass is 32.1. The molecule has 0 aromatic carbocycles. The van der Waals surface area contributed by atoms with Crippen molar-refractivity contribution in [2.24, 2.45) is 5.92 Å². The van der Waals surface area contributed by atoms with Crippen molar-refractivity contribution >= 4 is 11.3 Å². The third kappa shape index (κ3) is 2.60. The molecule has 102 valence electrons. The van der Waals surface area contributed by atoms with Crippen LogP contribution in [0.25, 0.3) is 0 Å². The van der Waals surface area contributed by atoms with E-state index in [0.717, 1.165) is 32.6 Å². The van der Waals surface area contributed by atoms with E-state index in [1.807, 2.05) is 11.3 Å². The van der Waals surface area contributed by atoms with Crippen molar-refractivity contribution in [1.29, 1.82) is 0 Å². The fourth-order valence-corrected chi connectivity index (χ4v) is 3.58. The number of aryl methyl sites for hydroxylation is 2. The molecule has 2 atom stereocenters. The molecule has 4 heteroatoms. The van der Waals surface area contributed by atoms with Crippen molar-refractivity contribution in [2.75, 3.05) is 19.8 Å². The predicted molar refractivity (Wildman–Crippen MR) is 76.2 cm³/mol. The van der Waals surface area contributed by atoms with Gasteiger partial charge in [0.05, 0.1) is 17.8 Å². The third-order valence-corrected chi connectivity index (χ3v) is 5.27. The van der Waals surface area contributed by atoms with Gasteiger partial charge in [0.2, 0.25) is 0 Å². The summed E-state index contributed by atoms with van der Waals surface area (Å²) in [5.74, 6) is 0.536. The van der Waals surface area contributed by atoms with Crippen LogP contribution < -0.4 is 5.32 Å². The summed E-state index contributed by atoms with van der Waals surface area (Å²) in [5.41, 5.74) is 1.13. The topological polar surface area (TPSA) is 34.2 Å². The van der Waals surface area contributed by atoms with Crippen LogP contribution in [0.3, 0.4) is 0 Å². The van der Waals surface area contributed by atoms with Gasteiger partial charge in [-0.2, -0.15) is 0 Å². The van der Waals surface area contributed by atoms with Gasteiger partial charge in [0, 0.05) is 17.4 Å². The Morgan fingerprint density at radius 1 is 1.50 bits per heavy atom. The van der Waals surface area contributed by atoms with Gasteiger partial charge >= 0.3 is 0 Å². The highest BCUT2D eigenvalue weighted by molar-refractivity contribution is 7.11. The molecule has 0 spiro atoms. The van der Waals surface area contributed by atoms with Crippen molar-refractivity contribution in [3.8, 4) is 0 Å². The fraction of sp³-hybridized carbons (Fsp3) is 0.786. The number of hydrogen-bond acceptors (Lipinski definition) is 4. The number of thiazole rings is 1. The minimum Gasteiger partial charge on any atom is -0.381 e. The molecule has 1 saturated heterocycles. The molecular formula is C14H24N2OS. The van der Waals surface area contributed by atoms with E-state index >= 15 is 0 Å². The third-order valence-electron chi connectivity index (χ3n) is 3.96. The second kappa shape index (κ2) is 5.68. The van der Waals surface area contributed by atoms with Crippen LogP contribution in [0, 0.1) is 19.8 Å². The Morgan fingerprint density at radius 2 is 2.28 bits per heavy atom. The molecular weight excluding hydrogens is 244 g/mol. The average Bonchev–Trinajstić information content (AvgIpc) is 2.98. The lowest BCUT2D eigenvalue weighted by atomic mass is 9.85. The minimum atomic E-state index is -0.0316. The van der Waals surface area contributed by atoms with Gasteiger partial charge in [-0.25, -0.2) is 4.98 Å². The average molecular weight is 268 g/mol. The van der Waals surface area contributed by atoms with Crippen LogP contribution in [0.4, 0.5) is 0 Å². The van der Waals surface area contributed by atoms with Gasteiger partial charge in [-0.15, -0.1) is 11.3 Å². The Labute approximate surface area is 114 Å². The van der Waals surface area contributed by atoms with Gasteiger partial charge in [-0.1, -0.05) is 6.92 Å². The zero-order chi connectivity index (χ0) is 13.2. The predicted octanol–water partition coefficient (Wildman–Crippen LogP) is 3.01. The summed E-state index contributed by atoms with van der Waals surface area (Å²) in [6, 6.07) is 0. The number of ether oxygens (including phenoxy) is 1. The van der Waals surface area contributed by atoms with Gasteiger partial charge in [0.25, 0.3) is 0 Å². The molecule has 1 aliphatic heterocycles. The van der Waals surface area contributed by atoms with E-state index in [4.69, 9.17) is 9.72 Å². The van der Waals surface area contributed by atoms with Gasteiger partial charge in [0.1, 0.15) is 5.01 Å². The molecule has 2 heterocycles. The van der Waals surface area contributed by atoms with Crippen LogP contribution in [0.2, 0.25) is 0 Å². The quantitative estimate of drug-likeness (QED) is 0.891. The molecule has 1 N–H and O–H groups in total. The number of aromatic nitrogens is 1. The monoisotopic (exact) mass is 268 g/mol. The van der Waals surface area contributed by atoms with Crippen molar-refractivity contribution in [3.05, 3.63) is 15.6 Å². The lowest BCUT2D eigenvalue weighted by Gasteiger charge is -2.34. The van der Waals surface area contributed by atoms with Gasteiger partial charge in [-0.3, -0.25) is 0 Å². The van der Waals surface area contributed by atoms with E-state index in [0.29, 0.717) is 5.92 Å². The molecule has 1 aromatic heterocycles. The first-order chi connectivity index (χ1) is 8.58. The molecule has 2 unspecified atom stereocenters. The summed E-state index contributed by atoms with van der Waals surface area (Å²) in [6.45, 7) is 11.5. The van der Waals surface area contributed by atoms with Crippen LogP contribution in [0.5, 0.6) is 0 Å². The van der Waals surface area contributed by atoms with Gasteiger partial charge < -0.3 is 10.1 Å². The Hall–Kier alpha value is -0.450. The van der Waals surface area contributed by atoms with E-state index in [1.165, 1.54) is 15.6 Å². The Balaban J connectivity index is 2.27. The highest BCUT2D eigenvalue weighted by Crippen LogP contribution is 2.37. The summed E-state index contributed by atoms with van der Waals surface area (Å²) >= 11 is 1.83. The molecule has 0 saturated carbocycles. The van der Waals surface area contributed by atoms with E-state index in [1.54, 1.807) is 0 Å². The number of hydrogen-bond donors (Lipinski definition) is 1. The number of nitrogens with zero attached hydrogens (tertiary/aromatic N) is 1. The van der Waals surface area contributed by atoms with Crippen LogP contribution in [-0.4, -0.2) is 24.7 Å². The molecule has 1 aromatic rings. The SMILES string of the molecule is CCCNC(C)(c1nc(C)c(C)s1)C1CCOC1. The minimum absolute atomic E-state index is 0.0316. The van der Waals surface area contributed by atoms with Crippen LogP contribution in [0.15, 0.2) is 0 Å². The summed E-state index contributed by atoms with van der Waals surface area (Å²) in [4.78, 5) is 6.11. The Bertz CT molecular complexity index is 379. The first-order valence-corrected chi connectivity index (χ1v) is 7.67. The maximum Gasteiger partial charge on any atom is 0.113 e. The second-order valence-electron chi connectivity index (χ2n) is 5.35. The van der Waals surface area contributed by atoms with Gasteiger partial charge in [-0.05, 0) is 40.2 Å². The van der Waals surface area contributed by atoms with Crippen LogP contribution >= 0.6 is 11.3 Å². The molecule has 0 bridgehead atoms. The molecule has 0 aliphatic carbocycles. The first kappa shape index (κ1) is 14.0. The standard InChI is InChI=1S/C14H24N2OS/c1-5-7-15-14(4,12-6-8-17-9-12)13-16-10(2)11(3)18-13/h12,15H,5-9H2,1-4H3. The molecule has 0 amide bonds. The lowest BCUT2D eigenvalue weighted by Crippen LogP contribution is -2.46. The molecule has 1 aliphatic rings. The van der Waals surface area contributed by atoms with Gasteiger partial charge in [0.15, 0.2) is 0 Å². The van der Waals surface area contributed by atoms with Crippen molar-refractivity contribution in [2.45, 2.75) is 46.1 Å². The van der Waals surface area contributed by atoms with Crippen LogP contribution in [0.1, 0.15) is 42.3 Å². The lowest BCUT2D eigenvalue weighted by molar-refractivity contribution is 0.152. The maximum atomic E-state index is 5.58. The fourth-order valence-electron chi connectivity index (χ4n) is 2.46. The summed E-state index contributed by atoms with van der Waals surface area (Å²) in [5, 5.41) is 4.94. The maximum absolute atomic E-state index is 5.58. The second-order valence-corrected chi connectivity index (χ2v) is 6.55. The zero-order valence-electron chi connectivity index (χ0n) is 11.9. The normalized spacial score (nSPS) is 23.2. The summed E-state index contributed by atoms with van der Waals surface area (Å²) in [6.07, 6.45) is 2.28.